The molecule has 1 aromatic rings. The van der Waals surface area contributed by atoms with Crippen LogP contribution in [0.4, 0.5) is 5.69 Å². The van der Waals surface area contributed by atoms with Gasteiger partial charge in [-0.3, -0.25) is 14.9 Å². The van der Waals surface area contributed by atoms with Gasteiger partial charge in [-0.2, -0.15) is 0 Å². The molecule has 1 amide bonds. The molecule has 0 radical (unpaired) electrons. The van der Waals surface area contributed by atoms with Crippen LogP contribution < -0.4 is 5.32 Å². The van der Waals surface area contributed by atoms with E-state index in [4.69, 9.17) is 23.2 Å². The summed E-state index contributed by atoms with van der Waals surface area (Å²) in [5, 5.41) is 12.7. The summed E-state index contributed by atoms with van der Waals surface area (Å²) < 4.78 is 0. The zero-order chi connectivity index (χ0) is 11.6. The molecule has 1 aromatic carbocycles. The number of benzene rings is 1. The minimum atomic E-state index is -0.694. The maximum absolute atomic E-state index is 11.2. The van der Waals surface area contributed by atoms with Crippen molar-refractivity contribution in [3.63, 3.8) is 0 Å². The largest absolute Gasteiger partial charge is 0.355 e. The Morgan fingerprint density at radius 2 is 2.07 bits per heavy atom. The third kappa shape index (κ3) is 2.37. The lowest BCUT2D eigenvalue weighted by Gasteiger charge is -2.02. The van der Waals surface area contributed by atoms with Crippen molar-refractivity contribution in [1.82, 2.24) is 5.32 Å². The Hall–Kier alpha value is -1.33. The van der Waals surface area contributed by atoms with Gasteiger partial charge in [-0.1, -0.05) is 23.2 Å². The number of nitrogens with zero attached hydrogens (tertiary/aromatic N) is 1. The van der Waals surface area contributed by atoms with Gasteiger partial charge in [-0.05, 0) is 6.07 Å². The molecule has 0 atom stereocenters. The summed E-state index contributed by atoms with van der Waals surface area (Å²) in [6.07, 6.45) is 0. The number of rotatable bonds is 2. The molecule has 0 heterocycles. The maximum Gasteiger partial charge on any atom is 0.290 e. The molecule has 0 bridgehead atoms. The Morgan fingerprint density at radius 3 is 2.53 bits per heavy atom. The number of nitrogens with one attached hydrogen (secondary N) is 1. The van der Waals surface area contributed by atoms with Gasteiger partial charge in [0, 0.05) is 18.7 Å². The monoisotopic (exact) mass is 248 g/mol. The van der Waals surface area contributed by atoms with Crippen LogP contribution in [0, 0.1) is 10.1 Å². The minimum Gasteiger partial charge on any atom is -0.355 e. The van der Waals surface area contributed by atoms with Crippen molar-refractivity contribution in [3.05, 3.63) is 37.9 Å². The van der Waals surface area contributed by atoms with Crippen molar-refractivity contribution >= 4 is 34.8 Å². The van der Waals surface area contributed by atoms with Crippen molar-refractivity contribution < 1.29 is 9.72 Å². The van der Waals surface area contributed by atoms with E-state index in [1.807, 2.05) is 0 Å². The molecule has 15 heavy (non-hydrogen) atoms. The lowest BCUT2D eigenvalue weighted by atomic mass is 10.2. The highest BCUT2D eigenvalue weighted by Gasteiger charge is 2.19. The number of nitro benzene ring substituents is 1. The fraction of sp³-hybridized carbons (Fsp3) is 0.125. The molecular weight excluding hydrogens is 243 g/mol. The van der Waals surface area contributed by atoms with E-state index in [-0.39, 0.29) is 21.3 Å². The molecule has 0 aliphatic heterocycles. The van der Waals surface area contributed by atoms with Crippen molar-refractivity contribution in [2.45, 2.75) is 0 Å². The van der Waals surface area contributed by atoms with Gasteiger partial charge in [0.2, 0.25) is 0 Å². The third-order valence-electron chi connectivity index (χ3n) is 1.69. The van der Waals surface area contributed by atoms with E-state index >= 15 is 0 Å². The van der Waals surface area contributed by atoms with E-state index < -0.39 is 10.8 Å². The second-order valence-corrected chi connectivity index (χ2v) is 3.41. The zero-order valence-electron chi connectivity index (χ0n) is 7.58. The molecule has 0 aliphatic rings. The van der Waals surface area contributed by atoms with E-state index in [2.05, 4.69) is 5.32 Å². The molecule has 0 saturated carbocycles. The highest BCUT2D eigenvalue weighted by molar-refractivity contribution is 6.43. The molecule has 0 aromatic heterocycles. The Kier molecular flexibility index (Phi) is 3.49. The SMILES string of the molecule is CNC(=O)c1cc(Cl)c(Cl)c([N+](=O)[O-])c1. The van der Waals surface area contributed by atoms with Crippen LogP contribution in [0.15, 0.2) is 12.1 Å². The number of halogens is 2. The van der Waals surface area contributed by atoms with Crippen LogP contribution in [0.1, 0.15) is 10.4 Å². The average Bonchev–Trinajstić information content (AvgIpc) is 2.20. The van der Waals surface area contributed by atoms with Gasteiger partial charge >= 0.3 is 0 Å². The lowest BCUT2D eigenvalue weighted by Crippen LogP contribution is -2.17. The summed E-state index contributed by atoms with van der Waals surface area (Å²) in [5.41, 5.74) is -0.290. The van der Waals surface area contributed by atoms with E-state index in [0.717, 1.165) is 6.07 Å². The zero-order valence-corrected chi connectivity index (χ0v) is 9.09. The number of carbonyl (C=O) groups excluding carboxylic acids is 1. The summed E-state index contributed by atoms with van der Waals surface area (Å²) in [6.45, 7) is 0. The Morgan fingerprint density at radius 1 is 1.47 bits per heavy atom. The van der Waals surface area contributed by atoms with Gasteiger partial charge in [0.25, 0.3) is 11.6 Å². The molecule has 0 unspecified atom stereocenters. The van der Waals surface area contributed by atoms with E-state index in [0.29, 0.717) is 0 Å². The molecule has 7 heteroatoms. The quantitative estimate of drug-likeness (QED) is 0.645. The number of nitro groups is 1. The molecule has 0 saturated heterocycles. The molecule has 0 aliphatic carbocycles. The predicted molar refractivity (Wildman–Crippen MR) is 56.5 cm³/mol. The van der Waals surface area contributed by atoms with Crippen molar-refractivity contribution in [3.8, 4) is 0 Å². The van der Waals surface area contributed by atoms with Gasteiger partial charge in [0.05, 0.1) is 9.95 Å². The lowest BCUT2D eigenvalue weighted by molar-refractivity contribution is -0.384. The van der Waals surface area contributed by atoms with Crippen LogP contribution >= 0.6 is 23.2 Å². The second kappa shape index (κ2) is 4.46. The normalized spacial score (nSPS) is 9.80. The summed E-state index contributed by atoms with van der Waals surface area (Å²) >= 11 is 11.3. The summed E-state index contributed by atoms with van der Waals surface area (Å²) in [7, 11) is 1.41. The molecule has 1 N–H and O–H groups in total. The smallest absolute Gasteiger partial charge is 0.290 e. The molecule has 0 fully saturated rings. The first kappa shape index (κ1) is 11.7. The topological polar surface area (TPSA) is 72.2 Å². The Balaban J connectivity index is 3.35. The van der Waals surface area contributed by atoms with Gasteiger partial charge in [0.1, 0.15) is 5.02 Å². The van der Waals surface area contributed by atoms with Crippen molar-refractivity contribution in [1.29, 1.82) is 0 Å². The predicted octanol–water partition coefficient (Wildman–Crippen LogP) is 2.26. The number of amides is 1. The van der Waals surface area contributed by atoms with E-state index in [1.54, 1.807) is 0 Å². The van der Waals surface area contributed by atoms with Crippen LogP contribution in [0.3, 0.4) is 0 Å². The fourth-order valence-corrected chi connectivity index (χ4v) is 1.38. The van der Waals surface area contributed by atoms with Crippen LogP contribution in [0.2, 0.25) is 10.0 Å². The molecule has 0 spiro atoms. The third-order valence-corrected chi connectivity index (χ3v) is 2.49. The van der Waals surface area contributed by atoms with Gasteiger partial charge in [0.15, 0.2) is 0 Å². The Bertz CT molecular complexity index is 434. The second-order valence-electron chi connectivity index (χ2n) is 2.63. The molecule has 80 valence electrons. The first-order chi connectivity index (χ1) is 6.97. The minimum absolute atomic E-state index is 0.0236. The summed E-state index contributed by atoms with van der Waals surface area (Å²) in [4.78, 5) is 21.1. The fourth-order valence-electron chi connectivity index (χ4n) is 0.983. The van der Waals surface area contributed by atoms with Crippen molar-refractivity contribution in [2.75, 3.05) is 7.05 Å². The first-order valence-corrected chi connectivity index (χ1v) is 4.58. The summed E-state index contributed by atoms with van der Waals surface area (Å²) in [6, 6.07) is 2.35. The van der Waals surface area contributed by atoms with Crippen LogP contribution in [0.25, 0.3) is 0 Å². The number of hydrogen-bond donors (Lipinski definition) is 1. The molecular formula is C8H6Cl2N2O3. The Labute approximate surface area is 95.1 Å². The van der Waals surface area contributed by atoms with Crippen LogP contribution in [-0.4, -0.2) is 17.9 Å². The maximum atomic E-state index is 11.2. The molecule has 5 nitrogen and oxygen atoms in total. The first-order valence-electron chi connectivity index (χ1n) is 3.83. The average molecular weight is 249 g/mol. The van der Waals surface area contributed by atoms with E-state index in [1.165, 1.54) is 13.1 Å². The van der Waals surface area contributed by atoms with Crippen LogP contribution in [0.5, 0.6) is 0 Å². The standard InChI is InChI=1S/C8H6Cl2N2O3/c1-11-8(13)4-2-5(9)7(10)6(3-4)12(14)15/h2-3H,1H3,(H,11,13). The number of hydrogen-bond acceptors (Lipinski definition) is 3. The highest BCUT2D eigenvalue weighted by atomic mass is 35.5. The summed E-state index contributed by atoms with van der Waals surface area (Å²) in [5.74, 6) is -0.461. The highest BCUT2D eigenvalue weighted by Crippen LogP contribution is 2.32. The van der Waals surface area contributed by atoms with Crippen molar-refractivity contribution in [2.24, 2.45) is 0 Å². The van der Waals surface area contributed by atoms with Gasteiger partial charge < -0.3 is 5.32 Å². The molecule has 1 rings (SSSR count). The van der Waals surface area contributed by atoms with Gasteiger partial charge in [-0.25, -0.2) is 0 Å². The van der Waals surface area contributed by atoms with Gasteiger partial charge in [-0.15, -0.1) is 0 Å². The van der Waals surface area contributed by atoms with Crippen LogP contribution in [-0.2, 0) is 0 Å². The van der Waals surface area contributed by atoms with E-state index in [9.17, 15) is 14.9 Å². The number of carbonyl (C=O) groups is 1.